The van der Waals surface area contributed by atoms with E-state index in [4.69, 9.17) is 0 Å². The quantitative estimate of drug-likeness (QED) is 0.860. The summed E-state index contributed by atoms with van der Waals surface area (Å²) in [5.74, 6) is 0. The van der Waals surface area contributed by atoms with Crippen molar-refractivity contribution in [1.82, 2.24) is 4.98 Å². The topological polar surface area (TPSA) is 67.3 Å². The summed E-state index contributed by atoms with van der Waals surface area (Å²) >= 11 is 1.41. The number of nitrogens with zero attached hydrogens (tertiary/aromatic N) is 1. The summed E-state index contributed by atoms with van der Waals surface area (Å²) in [6.45, 7) is 3.07. The van der Waals surface area contributed by atoms with E-state index in [1.807, 2.05) is 0 Å². The Morgan fingerprint density at radius 1 is 1.60 bits per heavy atom. The first-order valence-electron chi connectivity index (χ1n) is 4.50. The molecule has 0 aromatic carbocycles. The lowest BCUT2D eigenvalue weighted by molar-refractivity contribution is 0.138. The van der Waals surface area contributed by atoms with Gasteiger partial charge < -0.3 is 5.11 Å². The molecule has 4 nitrogen and oxygen atoms in total. The van der Waals surface area contributed by atoms with Crippen LogP contribution < -0.4 is 0 Å². The van der Waals surface area contributed by atoms with E-state index >= 15 is 0 Å². The average molecular weight is 249 g/mol. The molecule has 1 unspecified atom stereocenters. The van der Waals surface area contributed by atoms with Crippen molar-refractivity contribution in [1.29, 1.82) is 0 Å². The van der Waals surface area contributed by atoms with Gasteiger partial charge in [0.2, 0.25) is 0 Å². The molecule has 1 atom stereocenters. The Morgan fingerprint density at radius 2 is 2.20 bits per heavy atom. The first-order chi connectivity index (χ1) is 6.75. The van der Waals surface area contributed by atoms with Gasteiger partial charge in [-0.3, -0.25) is 4.98 Å². The van der Waals surface area contributed by atoms with Crippen LogP contribution in [0.3, 0.4) is 0 Å². The molecule has 1 aromatic rings. The van der Waals surface area contributed by atoms with Gasteiger partial charge in [0.25, 0.3) is 0 Å². The second-order valence-corrected chi connectivity index (χ2v) is 7.63. The summed E-state index contributed by atoms with van der Waals surface area (Å²) < 4.78 is 21.8. The summed E-state index contributed by atoms with van der Waals surface area (Å²) in [4.78, 5) is 4.77. The largest absolute Gasteiger partial charge is 0.391 e. The van der Waals surface area contributed by atoms with Crippen molar-refractivity contribution < 1.29 is 13.5 Å². The molecule has 0 saturated carbocycles. The fourth-order valence-corrected chi connectivity index (χ4v) is 2.24. The third-order valence-corrected chi connectivity index (χ3v) is 5.62. The molecular formula is C9H15NO3S2. The van der Waals surface area contributed by atoms with E-state index < -0.39 is 20.7 Å². The molecule has 1 aromatic heterocycles. The summed E-state index contributed by atoms with van der Waals surface area (Å²) in [7, 11) is -3.27. The van der Waals surface area contributed by atoms with E-state index in [2.05, 4.69) is 4.98 Å². The van der Waals surface area contributed by atoms with Crippen LogP contribution in [0.15, 0.2) is 11.7 Å². The number of hydrogen-bond acceptors (Lipinski definition) is 5. The third-order valence-electron chi connectivity index (χ3n) is 2.64. The van der Waals surface area contributed by atoms with Gasteiger partial charge in [0, 0.05) is 23.8 Å². The molecule has 15 heavy (non-hydrogen) atoms. The predicted octanol–water partition coefficient (Wildman–Crippen LogP) is 0.870. The number of hydrogen-bond donors (Lipinski definition) is 1. The van der Waals surface area contributed by atoms with Crippen molar-refractivity contribution in [3.63, 3.8) is 0 Å². The molecule has 6 heteroatoms. The Labute approximate surface area is 93.9 Å². The van der Waals surface area contributed by atoms with Crippen molar-refractivity contribution in [2.24, 2.45) is 0 Å². The first kappa shape index (κ1) is 12.6. The minimum atomic E-state index is -3.27. The van der Waals surface area contributed by atoms with Crippen LogP contribution in [-0.2, 0) is 16.3 Å². The lowest BCUT2D eigenvalue weighted by Crippen LogP contribution is -2.44. The van der Waals surface area contributed by atoms with Crippen LogP contribution in [0, 0.1) is 0 Å². The zero-order valence-electron chi connectivity index (χ0n) is 8.97. The minimum absolute atomic E-state index is 0.324. The smallest absolute Gasteiger partial charge is 0.155 e. The number of rotatable bonds is 4. The maximum atomic E-state index is 11.5. The average Bonchev–Trinajstić information content (AvgIpc) is 2.54. The van der Waals surface area contributed by atoms with Gasteiger partial charge in [0.15, 0.2) is 9.84 Å². The van der Waals surface area contributed by atoms with Crippen LogP contribution in [-0.4, -0.2) is 35.6 Å². The molecule has 1 rings (SSSR count). The fraction of sp³-hybridized carbons (Fsp3) is 0.667. The van der Waals surface area contributed by atoms with Gasteiger partial charge in [0.05, 0.1) is 16.4 Å². The molecule has 0 saturated heterocycles. The van der Waals surface area contributed by atoms with E-state index in [0.717, 1.165) is 11.1 Å². The van der Waals surface area contributed by atoms with Crippen molar-refractivity contribution in [3.8, 4) is 0 Å². The monoisotopic (exact) mass is 249 g/mol. The molecule has 0 amide bonds. The minimum Gasteiger partial charge on any atom is -0.391 e. The van der Waals surface area contributed by atoms with Crippen molar-refractivity contribution in [3.05, 3.63) is 16.6 Å². The molecule has 1 heterocycles. The van der Waals surface area contributed by atoms with Gasteiger partial charge in [-0.1, -0.05) is 0 Å². The Kier molecular flexibility index (Phi) is 3.52. The molecule has 0 aliphatic carbocycles. The standard InChI is InChI=1S/C9H15NO3S2/c1-9(2,15(3,12)13)8(11)4-7-5-10-6-14-7/h5-6,8,11H,4H2,1-3H3. The molecule has 0 radical (unpaired) electrons. The molecule has 0 fully saturated rings. The van der Waals surface area contributed by atoms with Crippen LogP contribution in [0.1, 0.15) is 18.7 Å². The predicted molar refractivity (Wildman–Crippen MR) is 60.7 cm³/mol. The molecule has 1 N–H and O–H groups in total. The van der Waals surface area contributed by atoms with Crippen LogP contribution in [0.2, 0.25) is 0 Å². The van der Waals surface area contributed by atoms with Crippen LogP contribution in [0.25, 0.3) is 0 Å². The number of aliphatic hydroxyl groups is 1. The Bertz CT molecular complexity index is 409. The van der Waals surface area contributed by atoms with Crippen molar-refractivity contribution in [2.45, 2.75) is 31.1 Å². The van der Waals surface area contributed by atoms with Gasteiger partial charge in [-0.2, -0.15) is 0 Å². The SMILES string of the molecule is CC(C)(C(O)Cc1cncs1)S(C)(=O)=O. The lowest BCUT2D eigenvalue weighted by Gasteiger charge is -2.28. The Balaban J connectivity index is 2.81. The van der Waals surface area contributed by atoms with E-state index in [-0.39, 0.29) is 0 Å². The van der Waals surface area contributed by atoms with Crippen molar-refractivity contribution >= 4 is 21.2 Å². The van der Waals surface area contributed by atoms with Crippen molar-refractivity contribution in [2.75, 3.05) is 6.26 Å². The van der Waals surface area contributed by atoms with Gasteiger partial charge in [0.1, 0.15) is 0 Å². The zero-order chi connectivity index (χ0) is 11.7. The second-order valence-electron chi connectivity index (χ2n) is 4.06. The Hall–Kier alpha value is -0.460. The highest BCUT2D eigenvalue weighted by Gasteiger charge is 2.38. The molecular weight excluding hydrogens is 234 g/mol. The summed E-state index contributed by atoms with van der Waals surface area (Å²) in [6.07, 6.45) is 2.20. The molecule has 0 aliphatic rings. The highest BCUT2D eigenvalue weighted by molar-refractivity contribution is 7.92. The molecule has 0 bridgehead atoms. The third kappa shape index (κ3) is 2.76. The van der Waals surface area contributed by atoms with Gasteiger partial charge in [-0.25, -0.2) is 8.42 Å². The maximum Gasteiger partial charge on any atom is 0.155 e. The number of aliphatic hydroxyl groups excluding tert-OH is 1. The maximum absolute atomic E-state index is 11.5. The first-order valence-corrected chi connectivity index (χ1v) is 7.27. The molecule has 0 spiro atoms. The Morgan fingerprint density at radius 3 is 2.60 bits per heavy atom. The highest BCUT2D eigenvalue weighted by Crippen LogP contribution is 2.23. The normalized spacial score (nSPS) is 15.2. The van der Waals surface area contributed by atoms with Gasteiger partial charge in [-0.15, -0.1) is 11.3 Å². The van der Waals surface area contributed by atoms with Gasteiger partial charge >= 0.3 is 0 Å². The highest BCUT2D eigenvalue weighted by atomic mass is 32.2. The molecule has 86 valence electrons. The zero-order valence-corrected chi connectivity index (χ0v) is 10.6. The van der Waals surface area contributed by atoms with Gasteiger partial charge in [-0.05, 0) is 13.8 Å². The summed E-state index contributed by atoms with van der Waals surface area (Å²) in [6, 6.07) is 0. The second kappa shape index (κ2) is 4.19. The van der Waals surface area contributed by atoms with E-state index in [1.54, 1.807) is 11.7 Å². The molecule has 0 aliphatic heterocycles. The van der Waals surface area contributed by atoms with Crippen LogP contribution in [0.5, 0.6) is 0 Å². The number of aromatic nitrogens is 1. The lowest BCUT2D eigenvalue weighted by atomic mass is 10.0. The van der Waals surface area contributed by atoms with E-state index in [1.165, 1.54) is 25.2 Å². The summed E-state index contributed by atoms with van der Waals surface area (Å²) in [5, 5.41) is 9.88. The fourth-order valence-electron chi connectivity index (χ4n) is 1.03. The van der Waals surface area contributed by atoms with Crippen LogP contribution in [0.4, 0.5) is 0 Å². The summed E-state index contributed by atoms with van der Waals surface area (Å²) in [5.41, 5.74) is 1.66. The number of sulfone groups is 1. The number of thiazole rings is 1. The van der Waals surface area contributed by atoms with E-state index in [0.29, 0.717) is 6.42 Å². The van der Waals surface area contributed by atoms with Crippen LogP contribution >= 0.6 is 11.3 Å². The van der Waals surface area contributed by atoms with E-state index in [9.17, 15) is 13.5 Å².